The van der Waals surface area contributed by atoms with Crippen LogP contribution in [0.5, 0.6) is 0 Å². The zero-order valence-corrected chi connectivity index (χ0v) is 13.2. The molecule has 2 N–H and O–H groups in total. The zero-order valence-electron chi connectivity index (χ0n) is 13.2. The smallest absolute Gasteiger partial charge is 0.307 e. The van der Waals surface area contributed by atoms with Gasteiger partial charge in [0.15, 0.2) is 5.78 Å². The lowest BCUT2D eigenvalue weighted by Gasteiger charge is -2.29. The maximum Gasteiger partial charge on any atom is 0.307 e. The van der Waals surface area contributed by atoms with Gasteiger partial charge in [0.25, 0.3) is 0 Å². The Bertz CT molecular complexity index is 583. The number of hydrogen-bond acceptors (Lipinski definition) is 4. The molecular formula is C17H22N2O4. The summed E-state index contributed by atoms with van der Waals surface area (Å²) in [5.41, 5.74) is 1.23. The first-order chi connectivity index (χ1) is 11.0. The van der Waals surface area contributed by atoms with E-state index in [1.807, 2.05) is 4.90 Å². The lowest BCUT2D eigenvalue weighted by molar-refractivity contribution is -0.143. The molecule has 6 heteroatoms. The second-order valence-electron chi connectivity index (χ2n) is 5.81. The molecule has 1 aliphatic heterocycles. The fraction of sp³-hybridized carbons (Fsp3) is 0.471. The third-order valence-electron chi connectivity index (χ3n) is 4.03. The Kier molecular flexibility index (Phi) is 5.87. The van der Waals surface area contributed by atoms with Gasteiger partial charge in [0.2, 0.25) is 5.91 Å². The summed E-state index contributed by atoms with van der Waals surface area (Å²) in [7, 11) is 0. The van der Waals surface area contributed by atoms with Crippen LogP contribution < -0.4 is 5.32 Å². The minimum Gasteiger partial charge on any atom is -0.481 e. The molecule has 1 fully saturated rings. The molecule has 2 rings (SSSR count). The average molecular weight is 318 g/mol. The molecule has 0 bridgehead atoms. The number of hydrogen-bond donors (Lipinski definition) is 2. The quantitative estimate of drug-likeness (QED) is 0.784. The topological polar surface area (TPSA) is 86.7 Å². The second-order valence-corrected chi connectivity index (χ2v) is 5.81. The standard InChI is InChI=1S/C17H22N2O4/c1-2-16(21)18-14-7-5-12(6-8-14)15(20)11-19-9-3-4-13(10-19)17(22)23/h5-8,13H,2-4,9-11H2,1H3,(H,18,21)(H,22,23). The van der Waals surface area contributed by atoms with Crippen molar-refractivity contribution in [1.82, 2.24) is 4.90 Å². The number of carbonyl (C=O) groups excluding carboxylic acids is 2. The number of ketones is 1. The van der Waals surface area contributed by atoms with Crippen molar-refractivity contribution in [1.29, 1.82) is 0 Å². The van der Waals surface area contributed by atoms with Crippen LogP contribution >= 0.6 is 0 Å². The van der Waals surface area contributed by atoms with Gasteiger partial charge in [-0.25, -0.2) is 0 Å². The van der Waals surface area contributed by atoms with Gasteiger partial charge >= 0.3 is 5.97 Å². The first-order valence-corrected chi connectivity index (χ1v) is 7.88. The molecule has 0 spiro atoms. The summed E-state index contributed by atoms with van der Waals surface area (Å²) >= 11 is 0. The highest BCUT2D eigenvalue weighted by Gasteiger charge is 2.26. The van der Waals surface area contributed by atoms with Crippen LogP contribution in [0.25, 0.3) is 0 Å². The van der Waals surface area contributed by atoms with E-state index in [-0.39, 0.29) is 24.2 Å². The van der Waals surface area contributed by atoms with Crippen molar-refractivity contribution < 1.29 is 19.5 Å². The monoisotopic (exact) mass is 318 g/mol. The lowest BCUT2D eigenvalue weighted by Crippen LogP contribution is -2.41. The number of likely N-dealkylation sites (tertiary alicyclic amines) is 1. The van der Waals surface area contributed by atoms with Crippen molar-refractivity contribution in [2.24, 2.45) is 5.92 Å². The second kappa shape index (κ2) is 7.87. The van der Waals surface area contributed by atoms with Crippen LogP contribution in [0.3, 0.4) is 0 Å². The van der Waals surface area contributed by atoms with Crippen LogP contribution in [0.2, 0.25) is 0 Å². The summed E-state index contributed by atoms with van der Waals surface area (Å²) in [4.78, 5) is 36.6. The van der Waals surface area contributed by atoms with Gasteiger partial charge in [0, 0.05) is 24.2 Å². The first-order valence-electron chi connectivity index (χ1n) is 7.88. The van der Waals surface area contributed by atoms with Gasteiger partial charge in [0.1, 0.15) is 0 Å². The normalized spacial score (nSPS) is 18.4. The van der Waals surface area contributed by atoms with Gasteiger partial charge < -0.3 is 10.4 Å². The van der Waals surface area contributed by atoms with Gasteiger partial charge in [0.05, 0.1) is 12.5 Å². The molecule has 0 aromatic heterocycles. The Morgan fingerprint density at radius 3 is 2.57 bits per heavy atom. The average Bonchev–Trinajstić information content (AvgIpc) is 2.55. The molecule has 23 heavy (non-hydrogen) atoms. The Morgan fingerprint density at radius 1 is 1.26 bits per heavy atom. The summed E-state index contributed by atoms with van der Waals surface area (Å²) in [6, 6.07) is 6.78. The number of nitrogens with zero attached hydrogens (tertiary/aromatic N) is 1. The molecule has 6 nitrogen and oxygen atoms in total. The molecular weight excluding hydrogens is 296 g/mol. The number of Topliss-reactive ketones (excluding diaryl/α,β-unsaturated/α-hetero) is 1. The molecule has 1 aromatic rings. The summed E-state index contributed by atoms with van der Waals surface area (Å²) in [5, 5.41) is 11.8. The maximum absolute atomic E-state index is 12.3. The maximum atomic E-state index is 12.3. The number of benzene rings is 1. The van der Waals surface area contributed by atoms with Gasteiger partial charge in [-0.2, -0.15) is 0 Å². The SMILES string of the molecule is CCC(=O)Nc1ccc(C(=O)CN2CCCC(C(=O)O)C2)cc1. The lowest BCUT2D eigenvalue weighted by atomic mass is 9.97. The molecule has 1 saturated heterocycles. The van der Waals surface area contributed by atoms with E-state index >= 15 is 0 Å². The molecule has 1 heterocycles. The molecule has 124 valence electrons. The number of nitrogens with one attached hydrogen (secondary N) is 1. The zero-order chi connectivity index (χ0) is 16.8. The fourth-order valence-electron chi connectivity index (χ4n) is 2.68. The van der Waals surface area contributed by atoms with E-state index in [0.29, 0.717) is 30.6 Å². The molecule has 0 aliphatic carbocycles. The number of carboxylic acid groups (broad SMARTS) is 1. The van der Waals surface area contributed by atoms with Crippen LogP contribution in [-0.4, -0.2) is 47.3 Å². The van der Waals surface area contributed by atoms with E-state index in [9.17, 15) is 14.4 Å². The highest BCUT2D eigenvalue weighted by Crippen LogP contribution is 2.17. The van der Waals surface area contributed by atoms with Crippen molar-refractivity contribution in [2.75, 3.05) is 25.0 Å². The van der Waals surface area contributed by atoms with Crippen LogP contribution in [0.4, 0.5) is 5.69 Å². The third kappa shape index (κ3) is 4.89. The predicted molar refractivity (Wildman–Crippen MR) is 86.5 cm³/mol. The molecule has 0 radical (unpaired) electrons. The number of carbonyl (C=O) groups is 3. The van der Waals surface area contributed by atoms with E-state index in [4.69, 9.17) is 5.11 Å². The Morgan fingerprint density at radius 2 is 1.96 bits per heavy atom. The molecule has 1 amide bonds. The summed E-state index contributed by atoms with van der Waals surface area (Å²) in [6.07, 6.45) is 1.87. The summed E-state index contributed by atoms with van der Waals surface area (Å²) in [5.74, 6) is -1.29. The number of rotatable bonds is 6. The van der Waals surface area contributed by atoms with Crippen LogP contribution in [0, 0.1) is 5.92 Å². The third-order valence-corrected chi connectivity index (χ3v) is 4.03. The highest BCUT2D eigenvalue weighted by atomic mass is 16.4. The molecule has 1 atom stereocenters. The van der Waals surface area contributed by atoms with Crippen LogP contribution in [0.1, 0.15) is 36.5 Å². The minimum atomic E-state index is -0.793. The van der Waals surface area contributed by atoms with Crippen molar-refractivity contribution >= 4 is 23.3 Å². The highest BCUT2D eigenvalue weighted by molar-refractivity contribution is 5.98. The fourth-order valence-corrected chi connectivity index (χ4v) is 2.68. The van der Waals surface area contributed by atoms with Crippen molar-refractivity contribution in [3.05, 3.63) is 29.8 Å². The predicted octanol–water partition coefficient (Wildman–Crippen LogP) is 2.01. The van der Waals surface area contributed by atoms with Crippen LogP contribution in [-0.2, 0) is 9.59 Å². The van der Waals surface area contributed by atoms with E-state index < -0.39 is 5.97 Å². The number of carboxylic acids is 1. The van der Waals surface area contributed by atoms with Crippen molar-refractivity contribution in [3.8, 4) is 0 Å². The molecule has 1 aliphatic rings. The summed E-state index contributed by atoms with van der Waals surface area (Å²) in [6.45, 7) is 3.17. The number of anilines is 1. The van der Waals surface area contributed by atoms with Gasteiger partial charge in [-0.3, -0.25) is 19.3 Å². The van der Waals surface area contributed by atoms with Crippen molar-refractivity contribution in [2.45, 2.75) is 26.2 Å². The number of amides is 1. The van der Waals surface area contributed by atoms with E-state index in [1.54, 1.807) is 31.2 Å². The van der Waals surface area contributed by atoms with Gasteiger partial charge in [-0.15, -0.1) is 0 Å². The van der Waals surface area contributed by atoms with Crippen molar-refractivity contribution in [3.63, 3.8) is 0 Å². The Balaban J connectivity index is 1.92. The Labute approximate surface area is 135 Å². The van der Waals surface area contributed by atoms with E-state index in [2.05, 4.69) is 5.32 Å². The van der Waals surface area contributed by atoms with Gasteiger partial charge in [-0.1, -0.05) is 6.92 Å². The number of aliphatic carboxylic acids is 1. The minimum absolute atomic E-state index is 0.0376. The largest absolute Gasteiger partial charge is 0.481 e. The van der Waals surface area contributed by atoms with Crippen LogP contribution in [0.15, 0.2) is 24.3 Å². The number of piperidine rings is 1. The molecule has 1 unspecified atom stereocenters. The first kappa shape index (κ1) is 17.1. The summed E-state index contributed by atoms with van der Waals surface area (Å²) < 4.78 is 0. The molecule has 0 saturated carbocycles. The Hall–Kier alpha value is -2.21. The van der Waals surface area contributed by atoms with Gasteiger partial charge in [-0.05, 0) is 43.7 Å². The molecule has 1 aromatic carbocycles. The van der Waals surface area contributed by atoms with E-state index in [1.165, 1.54) is 0 Å². The van der Waals surface area contributed by atoms with E-state index in [0.717, 1.165) is 13.0 Å².